The van der Waals surface area contributed by atoms with Gasteiger partial charge in [0.05, 0.1) is 28.4 Å². The first-order chi connectivity index (χ1) is 23.2. The lowest BCUT2D eigenvalue weighted by atomic mass is 9.83. The lowest BCUT2D eigenvalue weighted by Crippen LogP contribution is -2.43. The molecule has 6 rings (SSSR count). The zero-order chi connectivity index (χ0) is 33.9. The molecule has 1 unspecified atom stereocenters. The van der Waals surface area contributed by atoms with Crippen LogP contribution in [0.15, 0.2) is 85.2 Å². The third-order valence-corrected chi connectivity index (χ3v) is 8.76. The van der Waals surface area contributed by atoms with Gasteiger partial charge in [-0.1, -0.05) is 53.5 Å². The first kappa shape index (κ1) is 32.5. The molecule has 0 saturated carbocycles. The summed E-state index contributed by atoms with van der Waals surface area (Å²) >= 11 is 12.7. The molecule has 1 aromatic heterocycles. The Morgan fingerprint density at radius 1 is 1.02 bits per heavy atom. The van der Waals surface area contributed by atoms with Crippen LogP contribution in [0.1, 0.15) is 38.7 Å². The van der Waals surface area contributed by atoms with E-state index >= 15 is 4.39 Å². The minimum absolute atomic E-state index is 0.0154. The van der Waals surface area contributed by atoms with Crippen molar-refractivity contribution < 1.29 is 28.6 Å². The Morgan fingerprint density at radius 3 is 2.50 bits per heavy atom. The lowest BCUT2D eigenvalue weighted by Gasteiger charge is -2.37. The summed E-state index contributed by atoms with van der Waals surface area (Å²) in [6.07, 6.45) is 4.10. The molecule has 1 amide bonds. The fourth-order valence-electron chi connectivity index (χ4n) is 5.85. The van der Waals surface area contributed by atoms with Crippen molar-refractivity contribution in [2.24, 2.45) is 0 Å². The molecule has 0 bridgehead atoms. The van der Waals surface area contributed by atoms with E-state index in [1.165, 1.54) is 52.3 Å². The van der Waals surface area contributed by atoms with Gasteiger partial charge in [-0.3, -0.25) is 9.59 Å². The Bertz CT molecular complexity index is 2070. The largest absolute Gasteiger partial charge is 0.497 e. The lowest BCUT2D eigenvalue weighted by molar-refractivity contribution is -0.136. The maximum absolute atomic E-state index is 15.3. The number of fused-ring (bicyclic) bond motifs is 1. The van der Waals surface area contributed by atoms with E-state index < -0.39 is 23.7 Å². The number of aromatic nitrogens is 4. The van der Waals surface area contributed by atoms with Crippen LogP contribution < -0.4 is 4.74 Å². The molecule has 0 saturated heterocycles. The van der Waals surface area contributed by atoms with Gasteiger partial charge >= 0.3 is 5.97 Å². The van der Waals surface area contributed by atoms with Gasteiger partial charge in [0.15, 0.2) is 11.6 Å². The van der Waals surface area contributed by atoms with Crippen molar-refractivity contribution in [2.75, 3.05) is 13.7 Å². The molecule has 48 heavy (non-hydrogen) atoms. The zero-order valence-electron chi connectivity index (χ0n) is 25.3. The third-order valence-electron chi connectivity index (χ3n) is 8.15. The highest BCUT2D eigenvalue weighted by atomic mass is 35.5. The first-order valence-electron chi connectivity index (χ1n) is 14.7. The molecule has 2 heterocycles. The average molecular weight is 687 g/mol. The van der Waals surface area contributed by atoms with E-state index in [1.54, 1.807) is 37.4 Å². The molecule has 5 aromatic rings. The summed E-state index contributed by atoms with van der Waals surface area (Å²) in [4.78, 5) is 40.9. The van der Waals surface area contributed by atoms with Crippen molar-refractivity contribution in [1.82, 2.24) is 25.1 Å². The topological polar surface area (TPSA) is 128 Å². The maximum Gasteiger partial charge on any atom is 0.335 e. The summed E-state index contributed by atoms with van der Waals surface area (Å²) in [5.74, 6) is -2.08. The summed E-state index contributed by atoms with van der Waals surface area (Å²) in [5, 5.41) is 20.6. The van der Waals surface area contributed by atoms with E-state index in [0.29, 0.717) is 28.3 Å². The van der Waals surface area contributed by atoms with Crippen LogP contribution in [-0.2, 0) is 22.4 Å². The Hall–Kier alpha value is -5.39. The number of nitrogens with zero attached hydrogens (tertiary/aromatic N) is 5. The van der Waals surface area contributed by atoms with Crippen molar-refractivity contribution in [3.05, 3.63) is 129 Å². The van der Waals surface area contributed by atoms with Crippen molar-refractivity contribution in [3.8, 4) is 22.6 Å². The molecule has 4 aromatic carbocycles. The third kappa shape index (κ3) is 6.42. The van der Waals surface area contributed by atoms with Gasteiger partial charge in [0.2, 0.25) is 5.91 Å². The number of rotatable bonds is 9. The number of carboxylic acids is 1. The number of halogens is 3. The summed E-state index contributed by atoms with van der Waals surface area (Å²) < 4.78 is 21.8. The second-order valence-electron chi connectivity index (χ2n) is 10.9. The van der Waals surface area contributed by atoms with Gasteiger partial charge in [0, 0.05) is 30.2 Å². The van der Waals surface area contributed by atoms with Crippen LogP contribution in [-0.4, -0.2) is 61.5 Å². The fraction of sp³-hybridized carbons (Fsp3) is 0.143. The molecular weight excluding hydrogens is 660 g/mol. The predicted molar refractivity (Wildman–Crippen MR) is 177 cm³/mol. The molecule has 1 aliphatic heterocycles. The number of Topliss-reactive ketones (excluding diaryl/α,β-unsaturated/α-hetero) is 1. The number of benzene rings is 4. The van der Waals surface area contributed by atoms with Crippen LogP contribution in [0.3, 0.4) is 0 Å². The molecule has 10 nitrogen and oxygen atoms in total. The van der Waals surface area contributed by atoms with Crippen LogP contribution in [0.25, 0.3) is 22.9 Å². The Labute approximate surface area is 284 Å². The SMILES string of the molecule is COc1ccc(-c2cccc3c2CCN(C(=O)/C=C/c2c(-n4cnnn4)ccc(Cl)c2F)C3C(=O)Cc2ccc(C(=O)O)cc2)c(Cl)c1. The Kier molecular flexibility index (Phi) is 9.33. The Morgan fingerprint density at radius 2 is 1.81 bits per heavy atom. The molecule has 0 fully saturated rings. The molecule has 1 aliphatic rings. The molecule has 0 spiro atoms. The van der Waals surface area contributed by atoms with Crippen molar-refractivity contribution in [1.29, 1.82) is 0 Å². The summed E-state index contributed by atoms with van der Waals surface area (Å²) in [5.41, 5.74) is 3.97. The summed E-state index contributed by atoms with van der Waals surface area (Å²) in [7, 11) is 1.55. The Balaban J connectivity index is 1.40. The first-order valence-corrected chi connectivity index (χ1v) is 15.4. The molecular formula is C35H26Cl2FN5O5. The summed E-state index contributed by atoms with van der Waals surface area (Å²) in [6, 6.07) is 18.8. The van der Waals surface area contributed by atoms with Gasteiger partial charge in [0.1, 0.15) is 18.1 Å². The highest BCUT2D eigenvalue weighted by Crippen LogP contribution is 2.40. The minimum atomic E-state index is -1.08. The number of ether oxygens (including phenoxy) is 1. The van der Waals surface area contributed by atoms with Crippen LogP contribution in [0, 0.1) is 5.82 Å². The number of carboxylic acid groups (broad SMARTS) is 1. The highest BCUT2D eigenvalue weighted by molar-refractivity contribution is 6.33. The maximum atomic E-state index is 15.3. The number of hydrogen-bond acceptors (Lipinski definition) is 7. The van der Waals surface area contributed by atoms with E-state index in [4.69, 9.17) is 27.9 Å². The second-order valence-corrected chi connectivity index (χ2v) is 11.7. The van der Waals surface area contributed by atoms with Crippen molar-refractivity contribution in [3.63, 3.8) is 0 Å². The predicted octanol–water partition coefficient (Wildman–Crippen LogP) is 6.43. The number of tetrazole rings is 1. The monoisotopic (exact) mass is 685 g/mol. The van der Waals surface area contributed by atoms with Crippen LogP contribution in [0.4, 0.5) is 4.39 Å². The van der Waals surface area contributed by atoms with Gasteiger partial charge in [0.25, 0.3) is 0 Å². The van der Waals surface area contributed by atoms with E-state index in [0.717, 1.165) is 16.7 Å². The zero-order valence-corrected chi connectivity index (χ0v) is 26.8. The van der Waals surface area contributed by atoms with Crippen LogP contribution in [0.5, 0.6) is 5.75 Å². The van der Waals surface area contributed by atoms with Gasteiger partial charge in [-0.2, -0.15) is 4.68 Å². The molecule has 242 valence electrons. The number of aromatic carboxylic acids is 1. The number of carbonyl (C=O) groups is 3. The van der Waals surface area contributed by atoms with Gasteiger partial charge in [-0.15, -0.1) is 5.10 Å². The standard InChI is InChI=1S/C35H26Cl2FN5O5/c1-48-22-9-10-25(29(37)18-22)23-3-2-4-26-24(23)15-16-42(34(26)31(44)17-20-5-7-21(8-6-20)35(46)47)32(45)14-11-27-30(43-19-39-40-41-43)13-12-28(36)33(27)38/h2-14,18-19,34H,15-17H2,1H3,(H,46,47)/b14-11+. The quantitative estimate of drug-likeness (QED) is 0.176. The number of carbonyl (C=O) groups excluding carboxylic acids is 2. The summed E-state index contributed by atoms with van der Waals surface area (Å²) in [6.45, 7) is 0.174. The van der Waals surface area contributed by atoms with E-state index in [2.05, 4.69) is 15.5 Å². The van der Waals surface area contributed by atoms with E-state index in [1.807, 2.05) is 18.2 Å². The van der Waals surface area contributed by atoms with Gasteiger partial charge in [-0.25, -0.2) is 9.18 Å². The fourth-order valence-corrected chi connectivity index (χ4v) is 6.28. The normalized spacial score (nSPS) is 14.2. The number of hydrogen-bond donors (Lipinski definition) is 1. The minimum Gasteiger partial charge on any atom is -0.497 e. The van der Waals surface area contributed by atoms with Gasteiger partial charge in [-0.05, 0) is 87.6 Å². The van der Waals surface area contributed by atoms with E-state index in [9.17, 15) is 19.5 Å². The molecule has 1 atom stereocenters. The van der Waals surface area contributed by atoms with Crippen LogP contribution in [0.2, 0.25) is 10.0 Å². The van der Waals surface area contributed by atoms with Gasteiger partial charge < -0.3 is 14.7 Å². The molecule has 13 heteroatoms. The number of ketones is 1. The second kappa shape index (κ2) is 13.8. The molecule has 1 N–H and O–H groups in total. The number of amides is 1. The highest BCUT2D eigenvalue weighted by Gasteiger charge is 2.36. The van der Waals surface area contributed by atoms with Crippen molar-refractivity contribution in [2.45, 2.75) is 18.9 Å². The molecule has 0 radical (unpaired) electrons. The van der Waals surface area contributed by atoms with E-state index in [-0.39, 0.29) is 40.6 Å². The molecule has 0 aliphatic carbocycles. The average Bonchev–Trinajstić information content (AvgIpc) is 3.63. The number of methoxy groups -OCH3 is 1. The smallest absolute Gasteiger partial charge is 0.335 e. The van der Waals surface area contributed by atoms with Crippen molar-refractivity contribution >= 4 is 46.9 Å². The van der Waals surface area contributed by atoms with Crippen LogP contribution >= 0.6 is 23.2 Å².